The van der Waals surface area contributed by atoms with E-state index >= 15 is 0 Å². The highest BCUT2D eigenvalue weighted by molar-refractivity contribution is 9.10. The second-order valence-corrected chi connectivity index (χ2v) is 11.3. The van der Waals surface area contributed by atoms with Crippen LogP contribution in [-0.2, 0) is 14.4 Å². The van der Waals surface area contributed by atoms with Gasteiger partial charge in [-0.2, -0.15) is 0 Å². The van der Waals surface area contributed by atoms with Crippen molar-refractivity contribution in [3.63, 3.8) is 0 Å². The Bertz CT molecular complexity index is 1010. The van der Waals surface area contributed by atoms with Gasteiger partial charge in [0.1, 0.15) is 22.5 Å². The molecule has 5 rings (SSSR count). The summed E-state index contributed by atoms with van der Waals surface area (Å²) in [5, 5.41) is 12.4. The minimum atomic E-state index is -0.858. The summed E-state index contributed by atoms with van der Waals surface area (Å²) >= 11 is 3.35. The molecule has 4 fully saturated rings. The number of hydrazine groups is 1. The summed E-state index contributed by atoms with van der Waals surface area (Å²) < 4.78 is 0.642. The number of hydrogen-bond donors (Lipinski definition) is 4. The molecule has 33 heavy (non-hydrogen) atoms. The van der Waals surface area contributed by atoms with Crippen LogP contribution >= 0.6 is 15.9 Å². The number of rotatable bonds is 5. The topological polar surface area (TPSA) is 124 Å². The van der Waals surface area contributed by atoms with Gasteiger partial charge in [0.15, 0.2) is 0 Å². The number of aryl methyl sites for hydroxylation is 1. The molecule has 0 aromatic carbocycles. The van der Waals surface area contributed by atoms with E-state index in [-0.39, 0.29) is 41.1 Å². The van der Waals surface area contributed by atoms with Crippen LogP contribution in [0.4, 0.5) is 5.82 Å². The largest absolute Gasteiger partial charge is 0.480 e. The molecule has 4 aliphatic rings. The molecule has 2 amide bonds. The first-order valence-corrected chi connectivity index (χ1v) is 12.4. The third-order valence-corrected chi connectivity index (χ3v) is 8.56. The molecule has 2 aliphatic carbocycles. The standard InChI is InChI=1S/C23H30BrN5O4/c1-11-3-6-17(24)25-20(11)26-21(31)15-9-23(2)10-16(23)29(15)18(30)8-12-4-5-14-13(7-12)19(22(32)33)28-27-14/h3,6,12-16,19,27-28H,4-5,7-10H2,1-2H3,(H,32,33)(H,25,26,31)/t12?,13?,14?,15-,16+,19?,23-/m0/s1. The van der Waals surface area contributed by atoms with Gasteiger partial charge in [-0.1, -0.05) is 13.0 Å². The van der Waals surface area contributed by atoms with Gasteiger partial charge < -0.3 is 15.3 Å². The van der Waals surface area contributed by atoms with Gasteiger partial charge in [0.2, 0.25) is 11.8 Å². The number of nitrogens with zero attached hydrogens (tertiary/aromatic N) is 2. The average Bonchev–Trinajstić information content (AvgIpc) is 3.10. The number of hydrogen-bond acceptors (Lipinski definition) is 6. The van der Waals surface area contributed by atoms with E-state index in [1.807, 2.05) is 24.0 Å². The molecule has 4 unspecified atom stereocenters. The number of fused-ring (bicyclic) bond motifs is 2. The molecule has 0 bridgehead atoms. The maximum atomic E-state index is 13.5. The van der Waals surface area contributed by atoms with Crippen LogP contribution in [0.15, 0.2) is 16.7 Å². The highest BCUT2D eigenvalue weighted by Crippen LogP contribution is 2.59. The maximum Gasteiger partial charge on any atom is 0.322 e. The van der Waals surface area contributed by atoms with Crippen molar-refractivity contribution in [3.05, 3.63) is 22.3 Å². The molecule has 2 saturated heterocycles. The zero-order valence-electron chi connectivity index (χ0n) is 18.8. The van der Waals surface area contributed by atoms with Crippen molar-refractivity contribution in [3.8, 4) is 0 Å². The van der Waals surface area contributed by atoms with Gasteiger partial charge in [0.05, 0.1) is 0 Å². The number of carbonyl (C=O) groups is 3. The predicted octanol–water partition coefficient (Wildman–Crippen LogP) is 2.21. The molecule has 3 heterocycles. The second kappa shape index (κ2) is 8.32. The van der Waals surface area contributed by atoms with Crippen molar-refractivity contribution in [2.45, 2.75) is 76.5 Å². The molecule has 2 aliphatic heterocycles. The van der Waals surface area contributed by atoms with E-state index in [4.69, 9.17) is 0 Å². The van der Waals surface area contributed by atoms with Crippen LogP contribution in [0.5, 0.6) is 0 Å². The number of likely N-dealkylation sites (tertiary alicyclic amines) is 1. The molecule has 1 aromatic rings. The molecule has 7 atom stereocenters. The van der Waals surface area contributed by atoms with E-state index in [1.54, 1.807) is 0 Å². The number of anilines is 1. The number of pyridine rings is 1. The van der Waals surface area contributed by atoms with E-state index in [0.717, 1.165) is 24.8 Å². The van der Waals surface area contributed by atoms with E-state index in [2.05, 4.69) is 44.0 Å². The van der Waals surface area contributed by atoms with Crippen LogP contribution in [0.25, 0.3) is 0 Å². The van der Waals surface area contributed by atoms with Gasteiger partial charge in [-0.15, -0.1) is 0 Å². The Labute approximate surface area is 201 Å². The Morgan fingerprint density at radius 1 is 1.27 bits per heavy atom. The van der Waals surface area contributed by atoms with Gasteiger partial charge in [-0.3, -0.25) is 19.8 Å². The fourth-order valence-corrected chi connectivity index (χ4v) is 6.43. The summed E-state index contributed by atoms with van der Waals surface area (Å²) in [7, 11) is 0. The lowest BCUT2D eigenvalue weighted by Crippen LogP contribution is -2.46. The SMILES string of the molecule is Cc1ccc(Br)nc1NC(=O)[C@@H]1C[C@@]2(C)C[C@H]2N1C(=O)CC1CCC2NNC(C(=O)O)C2C1. The normalized spacial score (nSPS) is 36.8. The van der Waals surface area contributed by atoms with Crippen LogP contribution in [0.1, 0.15) is 51.0 Å². The van der Waals surface area contributed by atoms with Crippen LogP contribution in [0.2, 0.25) is 0 Å². The minimum Gasteiger partial charge on any atom is -0.480 e. The summed E-state index contributed by atoms with van der Waals surface area (Å²) in [6, 6.07) is 2.83. The molecule has 178 valence electrons. The summed E-state index contributed by atoms with van der Waals surface area (Å²) in [5.41, 5.74) is 6.86. The lowest BCUT2D eigenvalue weighted by atomic mass is 9.74. The van der Waals surface area contributed by atoms with E-state index in [1.165, 1.54) is 0 Å². The Morgan fingerprint density at radius 2 is 2.06 bits per heavy atom. The second-order valence-electron chi connectivity index (χ2n) is 10.4. The smallest absolute Gasteiger partial charge is 0.322 e. The Hall–Kier alpha value is -2.04. The van der Waals surface area contributed by atoms with Gasteiger partial charge in [-0.25, -0.2) is 10.4 Å². The lowest BCUT2D eigenvalue weighted by Gasteiger charge is -2.34. The summed E-state index contributed by atoms with van der Waals surface area (Å²) in [6.45, 7) is 4.03. The lowest BCUT2D eigenvalue weighted by molar-refractivity contribution is -0.140. The van der Waals surface area contributed by atoms with Crippen molar-refractivity contribution in [1.29, 1.82) is 0 Å². The Balaban J connectivity index is 1.27. The molecule has 1 aromatic heterocycles. The number of carboxylic acids is 1. The van der Waals surface area contributed by atoms with Crippen molar-refractivity contribution >= 4 is 39.5 Å². The molecular weight excluding hydrogens is 490 g/mol. The van der Waals surface area contributed by atoms with E-state index in [0.29, 0.717) is 29.7 Å². The van der Waals surface area contributed by atoms with Crippen LogP contribution in [0.3, 0.4) is 0 Å². The predicted molar refractivity (Wildman–Crippen MR) is 124 cm³/mol. The van der Waals surface area contributed by atoms with Crippen LogP contribution < -0.4 is 16.2 Å². The number of halogens is 1. The molecular formula is C23H30BrN5O4. The van der Waals surface area contributed by atoms with Crippen LogP contribution in [-0.4, -0.2) is 56.9 Å². The molecule has 10 heteroatoms. The number of piperidine rings is 1. The Kier molecular flexibility index (Phi) is 5.73. The number of amides is 2. The monoisotopic (exact) mass is 519 g/mol. The third kappa shape index (κ3) is 4.17. The maximum absolute atomic E-state index is 13.5. The number of nitrogens with one attached hydrogen (secondary N) is 3. The van der Waals surface area contributed by atoms with Gasteiger partial charge in [-0.05, 0) is 77.9 Å². The molecule has 2 saturated carbocycles. The summed E-state index contributed by atoms with van der Waals surface area (Å²) in [5.74, 6) is -0.428. The Morgan fingerprint density at radius 3 is 2.82 bits per heavy atom. The minimum absolute atomic E-state index is 0.00274. The fourth-order valence-electron chi connectivity index (χ4n) is 6.12. The fraction of sp³-hybridized carbons (Fsp3) is 0.652. The zero-order chi connectivity index (χ0) is 23.5. The third-order valence-electron chi connectivity index (χ3n) is 8.12. The van der Waals surface area contributed by atoms with E-state index < -0.39 is 18.1 Å². The van der Waals surface area contributed by atoms with Gasteiger partial charge >= 0.3 is 5.97 Å². The molecule has 0 radical (unpaired) electrons. The van der Waals surface area contributed by atoms with Gasteiger partial charge in [0, 0.05) is 24.4 Å². The highest BCUT2D eigenvalue weighted by Gasteiger charge is 2.64. The van der Waals surface area contributed by atoms with Crippen molar-refractivity contribution < 1.29 is 19.5 Å². The van der Waals surface area contributed by atoms with Crippen LogP contribution in [0, 0.1) is 24.2 Å². The number of carboxylic acid groups (broad SMARTS) is 1. The van der Waals surface area contributed by atoms with Gasteiger partial charge in [0.25, 0.3) is 0 Å². The highest BCUT2D eigenvalue weighted by atomic mass is 79.9. The number of aliphatic carboxylic acids is 1. The van der Waals surface area contributed by atoms with Crippen molar-refractivity contribution in [1.82, 2.24) is 20.7 Å². The quantitative estimate of drug-likeness (QED) is 0.439. The molecule has 9 nitrogen and oxygen atoms in total. The summed E-state index contributed by atoms with van der Waals surface area (Å²) in [6.07, 6.45) is 4.37. The summed E-state index contributed by atoms with van der Waals surface area (Å²) in [4.78, 5) is 44.4. The van der Waals surface area contributed by atoms with Crippen molar-refractivity contribution in [2.24, 2.45) is 17.3 Å². The zero-order valence-corrected chi connectivity index (χ0v) is 20.4. The molecule has 0 spiro atoms. The molecule has 4 N–H and O–H groups in total. The van der Waals surface area contributed by atoms with E-state index in [9.17, 15) is 19.5 Å². The number of carbonyl (C=O) groups excluding carboxylic acids is 2. The number of aromatic nitrogens is 1. The first kappa shape index (κ1) is 22.7. The first-order valence-electron chi connectivity index (χ1n) is 11.7. The van der Waals surface area contributed by atoms with Crippen molar-refractivity contribution in [2.75, 3.05) is 5.32 Å². The first-order chi connectivity index (χ1) is 15.7. The average molecular weight is 520 g/mol.